The van der Waals surface area contributed by atoms with Gasteiger partial charge in [0.1, 0.15) is 4.90 Å². The Kier molecular flexibility index (Phi) is 3.78. The van der Waals surface area contributed by atoms with Gasteiger partial charge in [-0.1, -0.05) is 0 Å². The fourth-order valence-electron chi connectivity index (χ4n) is 1.73. The van der Waals surface area contributed by atoms with Gasteiger partial charge in [-0.3, -0.25) is 4.72 Å². The van der Waals surface area contributed by atoms with Crippen LogP contribution in [0.5, 0.6) is 0 Å². The van der Waals surface area contributed by atoms with Crippen LogP contribution in [0.1, 0.15) is 20.2 Å². The number of aryl methyl sites for hydroxylation is 2. The van der Waals surface area contributed by atoms with Gasteiger partial charge in [-0.05, 0) is 32.0 Å². The zero-order valence-electron chi connectivity index (χ0n) is 10.7. The lowest BCUT2D eigenvalue weighted by Crippen LogP contribution is -2.16. The van der Waals surface area contributed by atoms with Crippen LogP contribution in [0.2, 0.25) is 0 Å². The standard InChI is InChI=1S/C12H12N2O4S2/c1-7-6-10(8(2)19-7)20(17,18)14-9-4-3-5-13-11(9)12(15)16/h3-6,14H,1-2H3,(H,15,16). The first-order valence-electron chi connectivity index (χ1n) is 5.59. The van der Waals surface area contributed by atoms with E-state index in [4.69, 9.17) is 5.11 Å². The van der Waals surface area contributed by atoms with Crippen molar-refractivity contribution in [2.75, 3.05) is 4.72 Å². The second kappa shape index (κ2) is 5.22. The van der Waals surface area contributed by atoms with Gasteiger partial charge in [0.05, 0.1) is 5.69 Å². The summed E-state index contributed by atoms with van der Waals surface area (Å²) in [6.45, 7) is 3.51. The lowest BCUT2D eigenvalue weighted by atomic mass is 10.3. The molecule has 0 aliphatic heterocycles. The van der Waals surface area contributed by atoms with Crippen molar-refractivity contribution < 1.29 is 18.3 Å². The number of hydrogen-bond acceptors (Lipinski definition) is 5. The van der Waals surface area contributed by atoms with E-state index < -0.39 is 16.0 Å². The number of carboxylic acids is 1. The fraction of sp³-hybridized carbons (Fsp3) is 0.167. The number of rotatable bonds is 4. The maximum atomic E-state index is 12.3. The molecule has 0 saturated carbocycles. The fourth-order valence-corrected chi connectivity index (χ4v) is 4.35. The lowest BCUT2D eigenvalue weighted by molar-refractivity contribution is 0.0692. The van der Waals surface area contributed by atoms with Crippen LogP contribution in [0.15, 0.2) is 29.3 Å². The first-order valence-corrected chi connectivity index (χ1v) is 7.89. The SMILES string of the molecule is Cc1cc(S(=O)(=O)Nc2cccnc2C(=O)O)c(C)s1. The molecule has 2 heterocycles. The number of nitrogens with one attached hydrogen (secondary N) is 1. The highest BCUT2D eigenvalue weighted by Gasteiger charge is 2.22. The summed E-state index contributed by atoms with van der Waals surface area (Å²) >= 11 is 1.37. The van der Waals surface area contributed by atoms with Gasteiger partial charge in [0.2, 0.25) is 0 Å². The van der Waals surface area contributed by atoms with Crippen LogP contribution < -0.4 is 4.72 Å². The van der Waals surface area contributed by atoms with Crippen LogP contribution in [-0.4, -0.2) is 24.5 Å². The van der Waals surface area contributed by atoms with Gasteiger partial charge in [0.15, 0.2) is 5.69 Å². The minimum atomic E-state index is -3.82. The van der Waals surface area contributed by atoms with Crippen molar-refractivity contribution in [1.29, 1.82) is 0 Å². The Balaban J connectivity index is 2.44. The molecule has 106 valence electrons. The number of nitrogens with zero attached hydrogens (tertiary/aromatic N) is 1. The average molecular weight is 312 g/mol. The summed E-state index contributed by atoms with van der Waals surface area (Å²) in [4.78, 5) is 16.3. The summed E-state index contributed by atoms with van der Waals surface area (Å²) in [6.07, 6.45) is 1.29. The molecule has 8 heteroatoms. The highest BCUT2D eigenvalue weighted by molar-refractivity contribution is 7.93. The number of sulfonamides is 1. The minimum Gasteiger partial charge on any atom is -0.476 e. The average Bonchev–Trinajstić information content (AvgIpc) is 2.69. The summed E-state index contributed by atoms with van der Waals surface area (Å²) in [5.74, 6) is -1.29. The van der Waals surface area contributed by atoms with Crippen molar-refractivity contribution in [3.63, 3.8) is 0 Å². The van der Waals surface area contributed by atoms with Gasteiger partial charge in [-0.2, -0.15) is 0 Å². The van der Waals surface area contributed by atoms with Crippen LogP contribution in [-0.2, 0) is 10.0 Å². The second-order valence-electron chi connectivity index (χ2n) is 4.09. The molecule has 0 amide bonds. The highest BCUT2D eigenvalue weighted by atomic mass is 32.2. The van der Waals surface area contributed by atoms with Crippen LogP contribution in [0.3, 0.4) is 0 Å². The zero-order valence-corrected chi connectivity index (χ0v) is 12.4. The van der Waals surface area contributed by atoms with Crippen molar-refractivity contribution in [3.05, 3.63) is 39.8 Å². The molecule has 0 aliphatic carbocycles. The normalized spacial score (nSPS) is 11.3. The molecule has 2 aromatic rings. The molecular weight excluding hydrogens is 300 g/mol. The number of aromatic nitrogens is 1. The van der Waals surface area contributed by atoms with Crippen molar-refractivity contribution in [2.45, 2.75) is 18.7 Å². The van der Waals surface area contributed by atoms with Crippen LogP contribution in [0, 0.1) is 13.8 Å². The van der Waals surface area contributed by atoms with Gasteiger partial charge in [0.25, 0.3) is 10.0 Å². The molecule has 0 spiro atoms. The van der Waals surface area contributed by atoms with E-state index in [0.29, 0.717) is 4.88 Å². The lowest BCUT2D eigenvalue weighted by Gasteiger charge is -2.09. The Bertz CT molecular complexity index is 766. The summed E-state index contributed by atoms with van der Waals surface area (Å²) in [5, 5.41) is 9.00. The van der Waals surface area contributed by atoms with Crippen LogP contribution in [0.4, 0.5) is 5.69 Å². The zero-order chi connectivity index (χ0) is 14.9. The van der Waals surface area contributed by atoms with Crippen LogP contribution >= 0.6 is 11.3 Å². The Labute approximate surface area is 120 Å². The van der Waals surface area contributed by atoms with E-state index in [1.54, 1.807) is 13.0 Å². The van der Waals surface area contributed by atoms with Crippen molar-refractivity contribution >= 4 is 33.0 Å². The van der Waals surface area contributed by atoms with E-state index in [2.05, 4.69) is 9.71 Å². The Hall–Kier alpha value is -1.93. The number of carboxylic acid groups (broad SMARTS) is 1. The molecule has 2 N–H and O–H groups in total. The number of anilines is 1. The smallest absolute Gasteiger partial charge is 0.356 e. The topological polar surface area (TPSA) is 96.4 Å². The van der Waals surface area contributed by atoms with Crippen molar-refractivity contribution in [1.82, 2.24) is 4.98 Å². The Morgan fingerprint density at radius 1 is 1.40 bits per heavy atom. The summed E-state index contributed by atoms with van der Waals surface area (Å²) in [6, 6.07) is 4.39. The molecule has 0 saturated heterocycles. The van der Waals surface area contributed by atoms with Gasteiger partial charge >= 0.3 is 5.97 Å². The molecule has 0 aromatic carbocycles. The quantitative estimate of drug-likeness (QED) is 0.902. The van der Waals surface area contributed by atoms with Crippen LogP contribution in [0.25, 0.3) is 0 Å². The molecule has 0 unspecified atom stereocenters. The van der Waals surface area contributed by atoms with E-state index in [1.165, 1.54) is 29.7 Å². The Morgan fingerprint density at radius 2 is 2.10 bits per heavy atom. The highest BCUT2D eigenvalue weighted by Crippen LogP contribution is 2.27. The van der Waals surface area contributed by atoms with Crippen molar-refractivity contribution in [2.24, 2.45) is 0 Å². The van der Waals surface area contributed by atoms with E-state index in [9.17, 15) is 13.2 Å². The van der Waals surface area contributed by atoms with Crippen molar-refractivity contribution in [3.8, 4) is 0 Å². The maximum absolute atomic E-state index is 12.3. The number of aromatic carboxylic acids is 1. The molecule has 0 atom stereocenters. The first-order chi connectivity index (χ1) is 9.31. The first kappa shape index (κ1) is 14.5. The van der Waals surface area contributed by atoms with Gasteiger partial charge in [0, 0.05) is 16.0 Å². The molecule has 0 bridgehead atoms. The minimum absolute atomic E-state index is 0.0525. The number of hydrogen-bond donors (Lipinski definition) is 2. The van der Waals surface area contributed by atoms with E-state index >= 15 is 0 Å². The van der Waals surface area contributed by atoms with Gasteiger partial charge < -0.3 is 5.11 Å². The predicted molar refractivity (Wildman–Crippen MR) is 75.8 cm³/mol. The second-order valence-corrected chi connectivity index (χ2v) is 7.20. The maximum Gasteiger partial charge on any atom is 0.356 e. The number of carbonyl (C=O) groups is 1. The third kappa shape index (κ3) is 2.81. The van der Waals surface area contributed by atoms with E-state index in [1.807, 2.05) is 6.92 Å². The molecule has 0 aliphatic rings. The summed E-state index contributed by atoms with van der Waals surface area (Å²) < 4.78 is 26.8. The predicted octanol–water partition coefficient (Wildman–Crippen LogP) is 2.26. The van der Waals surface area contributed by atoms with Gasteiger partial charge in [-0.15, -0.1) is 11.3 Å². The number of pyridine rings is 1. The Morgan fingerprint density at radius 3 is 2.65 bits per heavy atom. The molecule has 6 nitrogen and oxygen atoms in total. The third-order valence-electron chi connectivity index (χ3n) is 2.54. The largest absolute Gasteiger partial charge is 0.476 e. The molecule has 20 heavy (non-hydrogen) atoms. The summed E-state index contributed by atoms with van der Waals surface area (Å²) in [7, 11) is -3.82. The molecular formula is C12H12N2O4S2. The monoisotopic (exact) mass is 312 g/mol. The molecule has 2 rings (SSSR count). The molecule has 2 aromatic heterocycles. The third-order valence-corrected chi connectivity index (χ3v) is 5.13. The molecule has 0 radical (unpaired) electrons. The molecule has 0 fully saturated rings. The number of thiophene rings is 1. The van der Waals surface area contributed by atoms with E-state index in [0.717, 1.165) is 4.88 Å². The van der Waals surface area contributed by atoms with E-state index in [-0.39, 0.29) is 16.3 Å². The van der Waals surface area contributed by atoms with Gasteiger partial charge in [-0.25, -0.2) is 18.2 Å². The summed E-state index contributed by atoms with van der Waals surface area (Å²) in [5.41, 5.74) is -0.385.